The third-order valence-corrected chi connectivity index (χ3v) is 5.34. The summed E-state index contributed by atoms with van der Waals surface area (Å²) in [5.74, 6) is 1.01. The van der Waals surface area contributed by atoms with Gasteiger partial charge in [-0.15, -0.1) is 0 Å². The van der Waals surface area contributed by atoms with Crippen molar-refractivity contribution in [2.75, 3.05) is 32.1 Å². The molecule has 2 heterocycles. The molecule has 22 heavy (non-hydrogen) atoms. The van der Waals surface area contributed by atoms with E-state index in [1.807, 2.05) is 36.2 Å². The quantitative estimate of drug-likeness (QED) is 0.783. The molecule has 0 aliphatic carbocycles. The SMILES string of the molecule is COc1ccc(N2C(C)N(C)C(=O)C23CCN(Cl)CC3)cc1. The fraction of sp³-hybridized carbons (Fsp3) is 0.562. The summed E-state index contributed by atoms with van der Waals surface area (Å²) in [5.41, 5.74) is 0.572. The van der Waals surface area contributed by atoms with E-state index >= 15 is 0 Å². The minimum atomic E-state index is -0.478. The van der Waals surface area contributed by atoms with Crippen LogP contribution in [0.2, 0.25) is 0 Å². The van der Waals surface area contributed by atoms with Gasteiger partial charge in [0.1, 0.15) is 17.5 Å². The Bertz CT molecular complexity index is 555. The minimum absolute atomic E-state index is 0.0303. The number of halogens is 1. The number of hydrogen-bond donors (Lipinski definition) is 0. The van der Waals surface area contributed by atoms with Crippen LogP contribution in [0.25, 0.3) is 0 Å². The smallest absolute Gasteiger partial charge is 0.249 e. The molecule has 1 spiro atoms. The van der Waals surface area contributed by atoms with E-state index in [2.05, 4.69) is 11.8 Å². The summed E-state index contributed by atoms with van der Waals surface area (Å²) in [4.78, 5) is 17.0. The fourth-order valence-electron chi connectivity index (χ4n) is 3.64. The van der Waals surface area contributed by atoms with Gasteiger partial charge in [0.15, 0.2) is 0 Å². The molecule has 6 heteroatoms. The van der Waals surface area contributed by atoms with Crippen molar-refractivity contribution in [2.45, 2.75) is 31.5 Å². The van der Waals surface area contributed by atoms with Crippen LogP contribution in [0.4, 0.5) is 5.69 Å². The van der Waals surface area contributed by atoms with Gasteiger partial charge in [0.05, 0.1) is 7.11 Å². The van der Waals surface area contributed by atoms with E-state index in [0.29, 0.717) is 0 Å². The molecule has 0 radical (unpaired) electrons. The van der Waals surface area contributed by atoms with E-state index in [9.17, 15) is 4.79 Å². The van der Waals surface area contributed by atoms with Gasteiger partial charge in [-0.3, -0.25) is 4.79 Å². The number of nitrogens with zero attached hydrogens (tertiary/aromatic N) is 3. The van der Waals surface area contributed by atoms with E-state index in [4.69, 9.17) is 16.5 Å². The second-order valence-electron chi connectivity index (χ2n) is 6.06. The van der Waals surface area contributed by atoms with Gasteiger partial charge in [-0.1, -0.05) is 0 Å². The van der Waals surface area contributed by atoms with Crippen LogP contribution < -0.4 is 9.64 Å². The van der Waals surface area contributed by atoms with Crippen molar-refractivity contribution >= 4 is 23.4 Å². The van der Waals surface area contributed by atoms with Crippen molar-refractivity contribution in [2.24, 2.45) is 0 Å². The van der Waals surface area contributed by atoms with Crippen molar-refractivity contribution in [1.82, 2.24) is 9.32 Å². The summed E-state index contributed by atoms with van der Waals surface area (Å²) in [5, 5.41) is 0. The number of hydrogen-bond acceptors (Lipinski definition) is 4. The Labute approximate surface area is 136 Å². The molecule has 1 amide bonds. The molecule has 2 saturated heterocycles. The third-order valence-electron chi connectivity index (χ3n) is 5.00. The molecule has 2 fully saturated rings. The summed E-state index contributed by atoms with van der Waals surface area (Å²) < 4.78 is 7.00. The Kier molecular flexibility index (Phi) is 3.95. The van der Waals surface area contributed by atoms with E-state index in [1.54, 1.807) is 11.5 Å². The Morgan fingerprint density at radius 1 is 1.23 bits per heavy atom. The maximum Gasteiger partial charge on any atom is 0.249 e. The average molecular weight is 324 g/mol. The van der Waals surface area contributed by atoms with Gasteiger partial charge in [-0.05, 0) is 55.8 Å². The van der Waals surface area contributed by atoms with Crippen LogP contribution in [-0.2, 0) is 4.79 Å². The van der Waals surface area contributed by atoms with E-state index in [1.165, 1.54) is 0 Å². The molecule has 3 rings (SSSR count). The van der Waals surface area contributed by atoms with Crippen LogP contribution in [0.15, 0.2) is 24.3 Å². The number of rotatable bonds is 2. The number of benzene rings is 1. The molecule has 1 unspecified atom stereocenters. The van der Waals surface area contributed by atoms with E-state index in [-0.39, 0.29) is 12.1 Å². The summed E-state index contributed by atoms with van der Waals surface area (Å²) in [6.45, 7) is 3.52. The summed E-state index contributed by atoms with van der Waals surface area (Å²) >= 11 is 6.11. The lowest BCUT2D eigenvalue weighted by molar-refractivity contribution is -0.132. The van der Waals surface area contributed by atoms with Gasteiger partial charge >= 0.3 is 0 Å². The lowest BCUT2D eigenvalue weighted by Crippen LogP contribution is -2.56. The Morgan fingerprint density at radius 3 is 2.36 bits per heavy atom. The van der Waals surface area contributed by atoms with Crippen molar-refractivity contribution in [3.63, 3.8) is 0 Å². The van der Waals surface area contributed by atoms with Gasteiger partial charge in [0.2, 0.25) is 5.91 Å². The predicted molar refractivity (Wildman–Crippen MR) is 87.1 cm³/mol. The number of anilines is 1. The van der Waals surface area contributed by atoms with Crippen molar-refractivity contribution in [3.8, 4) is 5.75 Å². The van der Waals surface area contributed by atoms with Crippen LogP contribution in [0.5, 0.6) is 5.75 Å². The van der Waals surface area contributed by atoms with Gasteiger partial charge in [0, 0.05) is 25.8 Å². The molecular formula is C16H22ClN3O2. The van der Waals surface area contributed by atoms with Gasteiger partial charge in [-0.2, -0.15) is 0 Å². The summed E-state index contributed by atoms with van der Waals surface area (Å²) in [6, 6.07) is 7.93. The first-order valence-corrected chi connectivity index (χ1v) is 7.95. The molecule has 1 atom stereocenters. The van der Waals surface area contributed by atoms with Gasteiger partial charge < -0.3 is 14.5 Å². The normalized spacial score (nSPS) is 25.1. The average Bonchev–Trinajstić information content (AvgIpc) is 2.72. The van der Waals surface area contributed by atoms with E-state index in [0.717, 1.165) is 37.4 Å². The molecular weight excluding hydrogens is 302 g/mol. The maximum absolute atomic E-state index is 12.9. The number of carbonyl (C=O) groups excluding carboxylic acids is 1. The number of amides is 1. The number of likely N-dealkylation sites (N-methyl/N-ethyl adjacent to an activating group) is 1. The van der Waals surface area contributed by atoms with Gasteiger partial charge in [0.25, 0.3) is 0 Å². The fourth-order valence-corrected chi connectivity index (χ4v) is 3.81. The molecule has 2 aliphatic rings. The Morgan fingerprint density at radius 2 is 1.82 bits per heavy atom. The standard InChI is InChI=1S/C16H22ClN3O2/c1-12-18(2)15(21)16(8-10-19(17)11-9-16)20(12)13-4-6-14(22-3)7-5-13/h4-7,12H,8-11H2,1-3H3. The predicted octanol–water partition coefficient (Wildman–Crippen LogP) is 2.31. The molecule has 120 valence electrons. The lowest BCUT2D eigenvalue weighted by Gasteiger charge is -2.43. The highest BCUT2D eigenvalue weighted by atomic mass is 35.5. The second kappa shape index (κ2) is 5.63. The number of piperidine rings is 1. The zero-order valence-corrected chi connectivity index (χ0v) is 14.0. The highest BCUT2D eigenvalue weighted by Gasteiger charge is 2.55. The summed E-state index contributed by atoms with van der Waals surface area (Å²) in [6.07, 6.45) is 1.52. The number of ether oxygens (including phenoxy) is 1. The molecule has 1 aromatic rings. The molecule has 0 aromatic heterocycles. The highest BCUT2D eigenvalue weighted by Crippen LogP contribution is 2.42. The first-order chi connectivity index (χ1) is 10.5. The van der Waals surface area contributed by atoms with Crippen LogP contribution in [0.1, 0.15) is 19.8 Å². The molecule has 5 nitrogen and oxygen atoms in total. The zero-order valence-electron chi connectivity index (χ0n) is 13.3. The minimum Gasteiger partial charge on any atom is -0.497 e. The number of methoxy groups -OCH3 is 1. The second-order valence-corrected chi connectivity index (χ2v) is 6.54. The topological polar surface area (TPSA) is 36.0 Å². The van der Waals surface area contributed by atoms with Crippen molar-refractivity contribution in [3.05, 3.63) is 24.3 Å². The van der Waals surface area contributed by atoms with Crippen molar-refractivity contribution in [1.29, 1.82) is 0 Å². The van der Waals surface area contributed by atoms with Crippen LogP contribution in [0, 0.1) is 0 Å². The lowest BCUT2D eigenvalue weighted by atomic mass is 9.86. The molecule has 2 aliphatic heterocycles. The van der Waals surface area contributed by atoms with Crippen LogP contribution >= 0.6 is 11.8 Å². The summed E-state index contributed by atoms with van der Waals surface area (Å²) in [7, 11) is 3.54. The largest absolute Gasteiger partial charge is 0.497 e. The molecule has 1 aromatic carbocycles. The van der Waals surface area contributed by atoms with E-state index < -0.39 is 5.54 Å². The Balaban J connectivity index is 1.99. The Hall–Kier alpha value is -1.46. The molecule has 0 N–H and O–H groups in total. The monoisotopic (exact) mass is 323 g/mol. The first-order valence-electron chi connectivity index (χ1n) is 7.61. The van der Waals surface area contributed by atoms with Gasteiger partial charge in [-0.25, -0.2) is 4.42 Å². The van der Waals surface area contributed by atoms with Crippen LogP contribution in [0.3, 0.4) is 0 Å². The first kappa shape index (κ1) is 15.4. The zero-order chi connectivity index (χ0) is 15.9. The highest BCUT2D eigenvalue weighted by molar-refractivity contribution is 6.13. The molecule has 0 bridgehead atoms. The molecule has 0 saturated carbocycles. The maximum atomic E-state index is 12.9. The van der Waals surface area contributed by atoms with Crippen molar-refractivity contribution < 1.29 is 9.53 Å². The number of carbonyl (C=O) groups is 1. The third kappa shape index (κ3) is 2.23. The van der Waals surface area contributed by atoms with Crippen LogP contribution in [-0.4, -0.2) is 54.2 Å².